The molecular formula is C14H15N5O3. The molecule has 0 saturated heterocycles. The number of carbonyl (C=O) groups is 1. The third-order valence-electron chi connectivity index (χ3n) is 2.50. The maximum atomic E-state index is 11.9. The Morgan fingerprint density at radius 3 is 2.50 bits per heavy atom. The number of hydrogen-bond acceptors (Lipinski definition) is 5. The summed E-state index contributed by atoms with van der Waals surface area (Å²) in [6.07, 6.45) is 5.87. The number of nitriles is 1. The Bertz CT molecular complexity index is 665. The fourth-order valence-electron chi connectivity index (χ4n) is 1.42. The van der Waals surface area contributed by atoms with Crippen LogP contribution in [0.2, 0.25) is 0 Å². The summed E-state index contributed by atoms with van der Waals surface area (Å²) in [5, 5.41) is 13.9. The van der Waals surface area contributed by atoms with Crippen LogP contribution in [0.1, 0.15) is 21.6 Å². The number of carbonyl (C=O) groups excluding carboxylic acids is 1. The van der Waals surface area contributed by atoms with Gasteiger partial charge in [-0.25, -0.2) is 9.99 Å². The zero-order chi connectivity index (χ0) is 14.4. The Balaban J connectivity index is 0.00000220. The molecule has 0 bridgehead atoms. The number of amides is 1. The lowest BCUT2D eigenvalue weighted by Gasteiger charge is -2.09. The first-order valence-electron chi connectivity index (χ1n) is 5.79. The average molecular weight is 301 g/mol. The second kappa shape index (κ2) is 8.91. The minimum absolute atomic E-state index is 0. The van der Waals surface area contributed by atoms with Gasteiger partial charge in [-0.2, -0.15) is 10.4 Å². The van der Waals surface area contributed by atoms with Gasteiger partial charge in [0.1, 0.15) is 5.69 Å². The number of benzene rings is 1. The molecular weight excluding hydrogens is 286 g/mol. The molecule has 1 aromatic carbocycles. The molecule has 8 heteroatoms. The minimum Gasteiger partial charge on any atom is -0.412 e. The molecule has 0 aliphatic heterocycles. The Kier molecular flexibility index (Phi) is 7.63. The van der Waals surface area contributed by atoms with Crippen LogP contribution in [-0.2, 0) is 0 Å². The van der Waals surface area contributed by atoms with E-state index in [9.17, 15) is 4.79 Å². The zero-order valence-corrected chi connectivity index (χ0v) is 11.8. The van der Waals surface area contributed by atoms with Crippen molar-refractivity contribution in [1.29, 1.82) is 5.26 Å². The molecule has 1 aromatic heterocycles. The molecule has 114 valence electrons. The Labute approximate surface area is 127 Å². The smallest absolute Gasteiger partial charge is 0.293 e. The highest BCUT2D eigenvalue weighted by Crippen LogP contribution is 2.02. The molecule has 1 heterocycles. The maximum Gasteiger partial charge on any atom is 0.293 e. The molecule has 0 saturated carbocycles. The third-order valence-corrected chi connectivity index (χ3v) is 2.50. The van der Waals surface area contributed by atoms with Gasteiger partial charge in [0.2, 0.25) is 0 Å². The first-order valence-corrected chi connectivity index (χ1v) is 5.79. The van der Waals surface area contributed by atoms with Crippen LogP contribution < -0.4 is 0 Å². The summed E-state index contributed by atoms with van der Waals surface area (Å²) >= 11 is 0. The first kappa shape index (κ1) is 18.9. The summed E-state index contributed by atoms with van der Waals surface area (Å²) < 4.78 is 0. The zero-order valence-electron chi connectivity index (χ0n) is 11.8. The Morgan fingerprint density at radius 1 is 1.27 bits per heavy atom. The molecule has 0 spiro atoms. The van der Waals surface area contributed by atoms with Gasteiger partial charge in [0.25, 0.3) is 5.91 Å². The number of aromatic nitrogens is 2. The predicted molar refractivity (Wildman–Crippen MR) is 80.1 cm³/mol. The highest BCUT2D eigenvalue weighted by molar-refractivity contribution is 5.92. The predicted octanol–water partition coefficient (Wildman–Crippen LogP) is -0.195. The van der Waals surface area contributed by atoms with E-state index in [-0.39, 0.29) is 22.6 Å². The molecule has 0 fully saturated rings. The molecule has 0 radical (unpaired) electrons. The molecule has 4 N–H and O–H groups in total. The van der Waals surface area contributed by atoms with Crippen molar-refractivity contribution >= 4 is 12.1 Å². The lowest BCUT2D eigenvalue weighted by molar-refractivity contribution is 0.0794. The van der Waals surface area contributed by atoms with Crippen molar-refractivity contribution in [3.8, 4) is 6.07 Å². The van der Waals surface area contributed by atoms with Crippen molar-refractivity contribution in [3.63, 3.8) is 0 Å². The fourth-order valence-corrected chi connectivity index (χ4v) is 1.42. The van der Waals surface area contributed by atoms with E-state index in [1.54, 1.807) is 24.3 Å². The Hall–Kier alpha value is -3.15. The van der Waals surface area contributed by atoms with Gasteiger partial charge in [0.15, 0.2) is 0 Å². The molecule has 22 heavy (non-hydrogen) atoms. The second-order valence-electron chi connectivity index (χ2n) is 3.90. The highest BCUT2D eigenvalue weighted by Gasteiger charge is 2.11. The molecule has 2 aromatic rings. The van der Waals surface area contributed by atoms with Crippen LogP contribution in [0.15, 0.2) is 48.0 Å². The van der Waals surface area contributed by atoms with Gasteiger partial charge in [-0.3, -0.25) is 9.78 Å². The van der Waals surface area contributed by atoms with E-state index < -0.39 is 0 Å². The van der Waals surface area contributed by atoms with Gasteiger partial charge in [-0.1, -0.05) is 12.1 Å². The first-order chi connectivity index (χ1) is 9.70. The Morgan fingerprint density at radius 2 is 1.95 bits per heavy atom. The monoisotopic (exact) mass is 301 g/mol. The summed E-state index contributed by atoms with van der Waals surface area (Å²) in [6, 6.07) is 8.91. The van der Waals surface area contributed by atoms with E-state index in [2.05, 4.69) is 15.1 Å². The topological polar surface area (TPSA) is 145 Å². The van der Waals surface area contributed by atoms with E-state index in [0.29, 0.717) is 5.56 Å². The van der Waals surface area contributed by atoms with E-state index in [1.165, 1.54) is 36.9 Å². The molecule has 8 nitrogen and oxygen atoms in total. The van der Waals surface area contributed by atoms with Gasteiger partial charge < -0.3 is 11.0 Å². The standard InChI is InChI=1S/C14H11N5O.2H2O/c1-19(14(20)13-10-16-6-7-17-13)18-9-12-4-2-11(8-15)3-5-12;;/h2-7,9-10H,1H3;2*1H2/b18-9+;;. The van der Waals surface area contributed by atoms with Gasteiger partial charge in [0.05, 0.1) is 24.0 Å². The van der Waals surface area contributed by atoms with E-state index in [4.69, 9.17) is 5.26 Å². The van der Waals surface area contributed by atoms with E-state index in [0.717, 1.165) is 5.56 Å². The largest absolute Gasteiger partial charge is 0.412 e. The van der Waals surface area contributed by atoms with Gasteiger partial charge in [-0.05, 0) is 17.7 Å². The summed E-state index contributed by atoms with van der Waals surface area (Å²) in [7, 11) is 1.54. The van der Waals surface area contributed by atoms with E-state index in [1.807, 2.05) is 6.07 Å². The second-order valence-corrected chi connectivity index (χ2v) is 3.90. The molecule has 1 amide bonds. The summed E-state index contributed by atoms with van der Waals surface area (Å²) in [5.41, 5.74) is 1.60. The molecule has 2 rings (SSSR count). The minimum atomic E-state index is -0.344. The van der Waals surface area contributed by atoms with Gasteiger partial charge in [0, 0.05) is 19.4 Å². The van der Waals surface area contributed by atoms with Crippen molar-refractivity contribution in [3.05, 3.63) is 59.7 Å². The van der Waals surface area contributed by atoms with Crippen LogP contribution in [0.5, 0.6) is 0 Å². The SMILES string of the molecule is CN(/N=C/c1ccc(C#N)cc1)C(=O)c1cnccn1.O.O. The number of hydrazone groups is 1. The summed E-state index contributed by atoms with van der Waals surface area (Å²) in [6.45, 7) is 0. The quantitative estimate of drug-likeness (QED) is 0.570. The average Bonchev–Trinajstić information content (AvgIpc) is 2.53. The van der Waals surface area contributed by atoms with Crippen molar-refractivity contribution < 1.29 is 15.7 Å². The van der Waals surface area contributed by atoms with Crippen LogP contribution in [0.3, 0.4) is 0 Å². The van der Waals surface area contributed by atoms with Crippen LogP contribution in [0, 0.1) is 11.3 Å². The van der Waals surface area contributed by atoms with Crippen LogP contribution in [-0.4, -0.2) is 45.1 Å². The molecule has 0 atom stereocenters. The fraction of sp³-hybridized carbons (Fsp3) is 0.0714. The lowest BCUT2D eigenvalue weighted by atomic mass is 10.2. The maximum absolute atomic E-state index is 11.9. The van der Waals surface area contributed by atoms with Crippen molar-refractivity contribution in [2.75, 3.05) is 7.05 Å². The molecule has 0 unspecified atom stereocenters. The third kappa shape index (κ3) is 4.75. The lowest BCUT2D eigenvalue weighted by Crippen LogP contribution is -2.22. The highest BCUT2D eigenvalue weighted by atomic mass is 16.2. The normalized spacial score (nSPS) is 9.27. The number of nitrogens with zero attached hydrogens (tertiary/aromatic N) is 5. The van der Waals surface area contributed by atoms with Crippen molar-refractivity contribution in [2.24, 2.45) is 5.10 Å². The van der Waals surface area contributed by atoms with E-state index >= 15 is 0 Å². The van der Waals surface area contributed by atoms with Crippen LogP contribution in [0.25, 0.3) is 0 Å². The molecule has 0 aliphatic carbocycles. The van der Waals surface area contributed by atoms with Crippen LogP contribution >= 0.6 is 0 Å². The number of hydrogen-bond donors (Lipinski definition) is 0. The van der Waals surface area contributed by atoms with Gasteiger partial charge >= 0.3 is 0 Å². The van der Waals surface area contributed by atoms with Crippen molar-refractivity contribution in [2.45, 2.75) is 0 Å². The molecule has 0 aliphatic rings. The van der Waals surface area contributed by atoms with Gasteiger partial charge in [-0.15, -0.1) is 0 Å². The van der Waals surface area contributed by atoms with Crippen molar-refractivity contribution in [1.82, 2.24) is 15.0 Å². The van der Waals surface area contributed by atoms with Crippen LogP contribution in [0.4, 0.5) is 0 Å². The summed E-state index contributed by atoms with van der Waals surface area (Å²) in [5.74, 6) is -0.344. The summed E-state index contributed by atoms with van der Waals surface area (Å²) in [4.78, 5) is 19.7. The number of rotatable bonds is 3.